The van der Waals surface area contributed by atoms with E-state index in [4.69, 9.17) is 9.47 Å². The van der Waals surface area contributed by atoms with Crippen molar-refractivity contribution in [3.8, 4) is 5.75 Å². The molecule has 2 N–H and O–H groups in total. The standard InChI is InChI=1S/C14H22N2O3/c1-3-18-10-6-9-15-14(17)16-12-7-5-8-13(11-12)19-4-2/h5,7-8,11H,3-4,6,9-10H2,1-2H3,(H2,15,16,17). The molecule has 1 rings (SSSR count). The van der Waals surface area contributed by atoms with Crippen molar-refractivity contribution in [2.45, 2.75) is 20.3 Å². The summed E-state index contributed by atoms with van der Waals surface area (Å²) in [6.45, 7) is 6.44. The number of amides is 2. The van der Waals surface area contributed by atoms with Gasteiger partial charge in [0.1, 0.15) is 5.75 Å². The molecule has 5 nitrogen and oxygen atoms in total. The third kappa shape index (κ3) is 6.67. The number of carbonyl (C=O) groups is 1. The van der Waals surface area contributed by atoms with E-state index in [9.17, 15) is 4.79 Å². The van der Waals surface area contributed by atoms with Crippen LogP contribution in [-0.2, 0) is 4.74 Å². The second kappa shape index (κ2) is 9.22. The zero-order valence-corrected chi connectivity index (χ0v) is 11.6. The van der Waals surface area contributed by atoms with Gasteiger partial charge in [-0.15, -0.1) is 0 Å². The van der Waals surface area contributed by atoms with Crippen molar-refractivity contribution >= 4 is 11.7 Å². The first kappa shape index (κ1) is 15.3. The lowest BCUT2D eigenvalue weighted by Gasteiger charge is -2.09. The Morgan fingerprint density at radius 3 is 2.84 bits per heavy atom. The van der Waals surface area contributed by atoms with Gasteiger partial charge in [0.25, 0.3) is 0 Å². The number of rotatable bonds is 8. The lowest BCUT2D eigenvalue weighted by molar-refractivity contribution is 0.145. The van der Waals surface area contributed by atoms with Crippen molar-refractivity contribution in [1.29, 1.82) is 0 Å². The van der Waals surface area contributed by atoms with Crippen LogP contribution in [0.5, 0.6) is 5.75 Å². The Labute approximate surface area is 114 Å². The molecule has 1 aromatic rings. The third-order valence-corrected chi connectivity index (χ3v) is 2.36. The Hall–Kier alpha value is -1.75. The Morgan fingerprint density at radius 2 is 2.11 bits per heavy atom. The molecule has 5 heteroatoms. The van der Waals surface area contributed by atoms with Crippen LogP contribution in [0.25, 0.3) is 0 Å². The van der Waals surface area contributed by atoms with Crippen LogP contribution in [0.1, 0.15) is 20.3 Å². The van der Waals surface area contributed by atoms with E-state index in [0.29, 0.717) is 32.1 Å². The summed E-state index contributed by atoms with van der Waals surface area (Å²) in [6.07, 6.45) is 0.806. The summed E-state index contributed by atoms with van der Waals surface area (Å²) < 4.78 is 10.6. The van der Waals surface area contributed by atoms with Crippen LogP contribution in [0.3, 0.4) is 0 Å². The second-order valence-electron chi connectivity index (χ2n) is 3.89. The molecule has 0 heterocycles. The molecule has 106 valence electrons. The fourth-order valence-electron chi connectivity index (χ4n) is 1.53. The Bertz CT molecular complexity index is 383. The Morgan fingerprint density at radius 1 is 1.26 bits per heavy atom. The summed E-state index contributed by atoms with van der Waals surface area (Å²) in [5, 5.41) is 5.53. The number of carbonyl (C=O) groups excluding carboxylic acids is 1. The highest BCUT2D eigenvalue weighted by Gasteiger charge is 2.02. The first-order valence-corrected chi connectivity index (χ1v) is 6.61. The molecule has 0 aliphatic carbocycles. The van der Waals surface area contributed by atoms with Gasteiger partial charge in [0.2, 0.25) is 0 Å². The van der Waals surface area contributed by atoms with Gasteiger partial charge < -0.3 is 20.1 Å². The van der Waals surface area contributed by atoms with Crippen molar-refractivity contribution in [2.24, 2.45) is 0 Å². The van der Waals surface area contributed by atoms with E-state index in [-0.39, 0.29) is 6.03 Å². The van der Waals surface area contributed by atoms with E-state index in [0.717, 1.165) is 12.2 Å². The Balaban J connectivity index is 2.29. The molecule has 0 fully saturated rings. The molecule has 2 amide bonds. The fraction of sp³-hybridized carbons (Fsp3) is 0.500. The van der Waals surface area contributed by atoms with E-state index >= 15 is 0 Å². The van der Waals surface area contributed by atoms with Gasteiger partial charge >= 0.3 is 6.03 Å². The summed E-state index contributed by atoms with van der Waals surface area (Å²) in [4.78, 5) is 11.6. The van der Waals surface area contributed by atoms with Crippen molar-refractivity contribution in [2.75, 3.05) is 31.7 Å². The molecule has 19 heavy (non-hydrogen) atoms. The van der Waals surface area contributed by atoms with Crippen LogP contribution in [0, 0.1) is 0 Å². The highest BCUT2D eigenvalue weighted by atomic mass is 16.5. The quantitative estimate of drug-likeness (QED) is 0.711. The van der Waals surface area contributed by atoms with Crippen molar-refractivity contribution in [3.63, 3.8) is 0 Å². The van der Waals surface area contributed by atoms with E-state index in [1.165, 1.54) is 0 Å². The van der Waals surface area contributed by atoms with Gasteiger partial charge in [-0.3, -0.25) is 0 Å². The number of ether oxygens (including phenoxy) is 2. The SMILES string of the molecule is CCOCCCNC(=O)Nc1cccc(OCC)c1. The zero-order chi connectivity index (χ0) is 13.9. The molecule has 0 unspecified atom stereocenters. The average molecular weight is 266 g/mol. The normalized spacial score (nSPS) is 10.0. The molecule has 0 radical (unpaired) electrons. The largest absolute Gasteiger partial charge is 0.494 e. The van der Waals surface area contributed by atoms with E-state index in [2.05, 4.69) is 10.6 Å². The fourth-order valence-corrected chi connectivity index (χ4v) is 1.53. The van der Waals surface area contributed by atoms with Crippen LogP contribution >= 0.6 is 0 Å². The topological polar surface area (TPSA) is 59.6 Å². The summed E-state index contributed by atoms with van der Waals surface area (Å²) in [5.74, 6) is 0.747. The number of urea groups is 1. The van der Waals surface area contributed by atoms with Gasteiger partial charge in [0, 0.05) is 31.5 Å². The summed E-state index contributed by atoms with van der Waals surface area (Å²) in [6, 6.07) is 7.10. The van der Waals surface area contributed by atoms with Crippen LogP contribution in [0.15, 0.2) is 24.3 Å². The summed E-state index contributed by atoms with van der Waals surface area (Å²) in [7, 11) is 0. The number of benzene rings is 1. The molecule has 0 saturated heterocycles. The predicted molar refractivity (Wildman–Crippen MR) is 75.7 cm³/mol. The van der Waals surface area contributed by atoms with Crippen LogP contribution in [-0.4, -0.2) is 32.4 Å². The number of hydrogen-bond acceptors (Lipinski definition) is 3. The lowest BCUT2D eigenvalue weighted by Crippen LogP contribution is -2.30. The lowest BCUT2D eigenvalue weighted by atomic mass is 10.3. The molecular formula is C14H22N2O3. The second-order valence-corrected chi connectivity index (χ2v) is 3.89. The maximum Gasteiger partial charge on any atom is 0.319 e. The molecule has 0 aliphatic heterocycles. The number of anilines is 1. The maximum absolute atomic E-state index is 11.6. The third-order valence-electron chi connectivity index (χ3n) is 2.36. The minimum absolute atomic E-state index is 0.217. The van der Waals surface area contributed by atoms with Gasteiger partial charge in [-0.2, -0.15) is 0 Å². The van der Waals surface area contributed by atoms with Gasteiger partial charge in [-0.25, -0.2) is 4.79 Å². The average Bonchev–Trinajstić information content (AvgIpc) is 2.39. The molecule has 0 aliphatic rings. The van der Waals surface area contributed by atoms with E-state index in [1.54, 1.807) is 6.07 Å². The van der Waals surface area contributed by atoms with Crippen molar-refractivity contribution in [3.05, 3.63) is 24.3 Å². The van der Waals surface area contributed by atoms with Crippen LogP contribution < -0.4 is 15.4 Å². The summed E-state index contributed by atoms with van der Waals surface area (Å²) >= 11 is 0. The van der Waals surface area contributed by atoms with Crippen LogP contribution in [0.4, 0.5) is 10.5 Å². The van der Waals surface area contributed by atoms with Crippen LogP contribution in [0.2, 0.25) is 0 Å². The molecule has 0 aromatic heterocycles. The minimum atomic E-state index is -0.217. The van der Waals surface area contributed by atoms with E-state index < -0.39 is 0 Å². The summed E-state index contributed by atoms with van der Waals surface area (Å²) in [5.41, 5.74) is 0.716. The first-order chi connectivity index (χ1) is 9.26. The predicted octanol–water partition coefficient (Wildman–Crippen LogP) is 2.63. The first-order valence-electron chi connectivity index (χ1n) is 6.61. The van der Waals surface area contributed by atoms with Crippen molar-refractivity contribution < 1.29 is 14.3 Å². The monoisotopic (exact) mass is 266 g/mol. The molecular weight excluding hydrogens is 244 g/mol. The zero-order valence-electron chi connectivity index (χ0n) is 11.6. The van der Waals surface area contributed by atoms with Gasteiger partial charge in [0.05, 0.1) is 6.61 Å². The van der Waals surface area contributed by atoms with Crippen molar-refractivity contribution in [1.82, 2.24) is 5.32 Å². The number of nitrogens with one attached hydrogen (secondary N) is 2. The van der Waals surface area contributed by atoms with Gasteiger partial charge in [-0.1, -0.05) is 6.07 Å². The highest BCUT2D eigenvalue weighted by Crippen LogP contribution is 2.16. The Kier molecular flexibility index (Phi) is 7.43. The molecule has 0 bridgehead atoms. The molecule has 1 aromatic carbocycles. The molecule has 0 spiro atoms. The van der Waals surface area contributed by atoms with Gasteiger partial charge in [0.15, 0.2) is 0 Å². The molecule has 0 saturated carbocycles. The molecule has 0 atom stereocenters. The van der Waals surface area contributed by atoms with E-state index in [1.807, 2.05) is 32.0 Å². The minimum Gasteiger partial charge on any atom is -0.494 e. The highest BCUT2D eigenvalue weighted by molar-refractivity contribution is 5.89. The van der Waals surface area contributed by atoms with Gasteiger partial charge in [-0.05, 0) is 32.4 Å². The smallest absolute Gasteiger partial charge is 0.319 e. The number of hydrogen-bond donors (Lipinski definition) is 2. The maximum atomic E-state index is 11.6.